The lowest BCUT2D eigenvalue weighted by Gasteiger charge is -2.27. The lowest BCUT2D eigenvalue weighted by Crippen LogP contribution is -2.46. The minimum absolute atomic E-state index is 0.172. The Kier molecular flexibility index (Phi) is 4.21. The van der Waals surface area contributed by atoms with Gasteiger partial charge in [-0.05, 0) is 19.3 Å². The van der Waals surface area contributed by atoms with Crippen LogP contribution in [0.3, 0.4) is 0 Å². The van der Waals surface area contributed by atoms with Crippen LogP contribution in [0.2, 0.25) is 0 Å². The van der Waals surface area contributed by atoms with Gasteiger partial charge in [-0.3, -0.25) is 4.79 Å². The van der Waals surface area contributed by atoms with E-state index in [9.17, 15) is 4.79 Å². The number of nitrogens with zero attached hydrogens (tertiary/aromatic N) is 3. The fourth-order valence-corrected chi connectivity index (χ4v) is 3.98. The van der Waals surface area contributed by atoms with Gasteiger partial charge in [0.1, 0.15) is 4.88 Å². The minimum Gasteiger partial charge on any atom is -0.348 e. The number of carbonyl (C=O) groups is 1. The molecule has 0 spiro atoms. The number of hydrogen-bond donors (Lipinski definition) is 1. The third-order valence-electron chi connectivity index (χ3n) is 4.00. The van der Waals surface area contributed by atoms with Gasteiger partial charge in [0, 0.05) is 39.3 Å². The van der Waals surface area contributed by atoms with E-state index < -0.39 is 0 Å². The molecule has 0 aromatic carbocycles. The molecule has 20 heavy (non-hydrogen) atoms. The first-order valence-electron chi connectivity index (χ1n) is 7.54. The molecule has 6 heteroatoms. The average Bonchev–Trinajstić information content (AvgIpc) is 3.16. The number of aromatic nitrogens is 1. The van der Waals surface area contributed by atoms with Crippen molar-refractivity contribution >= 4 is 22.4 Å². The van der Waals surface area contributed by atoms with Crippen molar-refractivity contribution in [3.63, 3.8) is 0 Å². The summed E-state index contributed by atoms with van der Waals surface area (Å²) in [7, 11) is 0. The Morgan fingerprint density at radius 1 is 1.25 bits per heavy atom. The fourth-order valence-electron chi connectivity index (χ4n) is 2.80. The van der Waals surface area contributed by atoms with Crippen LogP contribution in [0.4, 0.5) is 5.13 Å². The van der Waals surface area contributed by atoms with Crippen molar-refractivity contribution in [2.24, 2.45) is 0 Å². The van der Waals surface area contributed by atoms with Crippen LogP contribution in [0.25, 0.3) is 0 Å². The van der Waals surface area contributed by atoms with E-state index in [-0.39, 0.29) is 5.91 Å². The van der Waals surface area contributed by atoms with E-state index in [2.05, 4.69) is 17.1 Å². The zero-order valence-electron chi connectivity index (χ0n) is 12.0. The molecule has 2 aliphatic rings. The van der Waals surface area contributed by atoms with Crippen LogP contribution < -0.4 is 10.2 Å². The molecule has 0 unspecified atom stereocenters. The second-order valence-corrected chi connectivity index (χ2v) is 6.34. The Morgan fingerprint density at radius 3 is 2.60 bits per heavy atom. The van der Waals surface area contributed by atoms with E-state index in [1.807, 2.05) is 4.90 Å². The molecule has 2 aliphatic heterocycles. The van der Waals surface area contributed by atoms with Crippen LogP contribution in [0, 0.1) is 0 Å². The average molecular weight is 294 g/mol. The van der Waals surface area contributed by atoms with Crippen molar-refractivity contribution in [2.45, 2.75) is 26.2 Å². The SMILES string of the molecule is CCc1nc(N2CCCC2)sc1C(=O)N1CCNCC1. The molecule has 5 nitrogen and oxygen atoms in total. The summed E-state index contributed by atoms with van der Waals surface area (Å²) >= 11 is 1.59. The Labute approximate surface area is 124 Å². The lowest BCUT2D eigenvalue weighted by atomic mass is 10.2. The Morgan fingerprint density at radius 2 is 1.95 bits per heavy atom. The van der Waals surface area contributed by atoms with Crippen molar-refractivity contribution in [1.82, 2.24) is 15.2 Å². The maximum Gasteiger partial charge on any atom is 0.266 e. The Balaban J connectivity index is 1.81. The van der Waals surface area contributed by atoms with E-state index >= 15 is 0 Å². The first-order valence-corrected chi connectivity index (χ1v) is 8.36. The highest BCUT2D eigenvalue weighted by Gasteiger charge is 2.26. The summed E-state index contributed by atoms with van der Waals surface area (Å²) < 4.78 is 0. The molecular formula is C14H22N4OS. The van der Waals surface area contributed by atoms with Gasteiger partial charge in [-0.1, -0.05) is 18.3 Å². The van der Waals surface area contributed by atoms with Gasteiger partial charge in [0.2, 0.25) is 0 Å². The van der Waals surface area contributed by atoms with E-state index in [1.165, 1.54) is 12.8 Å². The number of anilines is 1. The summed E-state index contributed by atoms with van der Waals surface area (Å²) in [4.78, 5) is 22.5. The number of hydrogen-bond acceptors (Lipinski definition) is 5. The number of nitrogens with one attached hydrogen (secondary N) is 1. The summed E-state index contributed by atoms with van der Waals surface area (Å²) in [6, 6.07) is 0. The molecule has 2 saturated heterocycles. The largest absolute Gasteiger partial charge is 0.348 e. The molecule has 0 saturated carbocycles. The fraction of sp³-hybridized carbons (Fsp3) is 0.714. The number of piperazine rings is 1. The second kappa shape index (κ2) is 6.10. The van der Waals surface area contributed by atoms with E-state index in [0.717, 1.165) is 61.4 Å². The Bertz CT molecular complexity index is 476. The van der Waals surface area contributed by atoms with Crippen molar-refractivity contribution in [2.75, 3.05) is 44.2 Å². The molecule has 0 radical (unpaired) electrons. The zero-order chi connectivity index (χ0) is 13.9. The zero-order valence-corrected chi connectivity index (χ0v) is 12.8. The predicted octanol–water partition coefficient (Wildman–Crippen LogP) is 1.35. The van der Waals surface area contributed by atoms with Crippen molar-refractivity contribution in [1.29, 1.82) is 0 Å². The maximum absolute atomic E-state index is 12.7. The molecule has 0 bridgehead atoms. The Hall–Kier alpha value is -1.14. The number of aryl methyl sites for hydroxylation is 1. The number of thiazole rings is 1. The van der Waals surface area contributed by atoms with Gasteiger partial charge in [-0.15, -0.1) is 0 Å². The van der Waals surface area contributed by atoms with Gasteiger partial charge in [-0.2, -0.15) is 0 Å². The van der Waals surface area contributed by atoms with E-state index in [1.54, 1.807) is 11.3 Å². The molecule has 1 amide bonds. The number of rotatable bonds is 3. The van der Waals surface area contributed by atoms with Crippen molar-refractivity contribution in [3.05, 3.63) is 10.6 Å². The van der Waals surface area contributed by atoms with Crippen molar-refractivity contribution < 1.29 is 4.79 Å². The third kappa shape index (κ3) is 2.67. The highest BCUT2D eigenvalue weighted by molar-refractivity contribution is 7.17. The quantitative estimate of drug-likeness (QED) is 0.914. The molecule has 110 valence electrons. The summed E-state index contributed by atoms with van der Waals surface area (Å²) in [6.45, 7) is 7.64. The molecule has 0 aliphatic carbocycles. The van der Waals surface area contributed by atoms with Gasteiger partial charge in [0.25, 0.3) is 5.91 Å². The van der Waals surface area contributed by atoms with Crippen LogP contribution in [-0.4, -0.2) is 55.1 Å². The second-order valence-electron chi connectivity index (χ2n) is 5.36. The number of amides is 1. The molecule has 1 aromatic heterocycles. The molecule has 3 rings (SSSR count). The summed E-state index contributed by atoms with van der Waals surface area (Å²) in [5.74, 6) is 0.172. The topological polar surface area (TPSA) is 48.5 Å². The lowest BCUT2D eigenvalue weighted by molar-refractivity contribution is 0.0739. The minimum atomic E-state index is 0.172. The summed E-state index contributed by atoms with van der Waals surface area (Å²) in [5, 5.41) is 4.32. The van der Waals surface area contributed by atoms with Gasteiger partial charge >= 0.3 is 0 Å². The van der Waals surface area contributed by atoms with Crippen LogP contribution in [-0.2, 0) is 6.42 Å². The normalized spacial score (nSPS) is 19.6. The standard InChI is InChI=1S/C14H22N4OS/c1-2-11-12(13(19)17-9-5-15-6-10-17)20-14(16-11)18-7-3-4-8-18/h15H,2-10H2,1H3. The third-order valence-corrected chi connectivity index (χ3v) is 5.14. The number of carbonyl (C=O) groups excluding carboxylic acids is 1. The summed E-state index contributed by atoms with van der Waals surface area (Å²) in [5.41, 5.74) is 0.973. The van der Waals surface area contributed by atoms with Gasteiger partial charge in [0.15, 0.2) is 5.13 Å². The molecule has 1 N–H and O–H groups in total. The highest BCUT2D eigenvalue weighted by atomic mass is 32.1. The van der Waals surface area contributed by atoms with Gasteiger partial charge in [-0.25, -0.2) is 4.98 Å². The van der Waals surface area contributed by atoms with E-state index in [0.29, 0.717) is 0 Å². The van der Waals surface area contributed by atoms with E-state index in [4.69, 9.17) is 4.98 Å². The molecular weight excluding hydrogens is 272 g/mol. The molecule has 2 fully saturated rings. The van der Waals surface area contributed by atoms with Crippen molar-refractivity contribution in [3.8, 4) is 0 Å². The first kappa shape index (κ1) is 13.8. The van der Waals surface area contributed by atoms with Crippen LogP contribution >= 0.6 is 11.3 Å². The molecule has 3 heterocycles. The van der Waals surface area contributed by atoms with Crippen LogP contribution in [0.15, 0.2) is 0 Å². The predicted molar refractivity (Wildman–Crippen MR) is 81.7 cm³/mol. The first-order chi connectivity index (χ1) is 9.79. The van der Waals surface area contributed by atoms with Gasteiger partial charge in [0.05, 0.1) is 5.69 Å². The summed E-state index contributed by atoms with van der Waals surface area (Å²) in [6.07, 6.45) is 3.31. The van der Waals surface area contributed by atoms with Crippen LogP contribution in [0.5, 0.6) is 0 Å². The van der Waals surface area contributed by atoms with Crippen LogP contribution in [0.1, 0.15) is 35.1 Å². The maximum atomic E-state index is 12.7. The highest BCUT2D eigenvalue weighted by Crippen LogP contribution is 2.30. The monoisotopic (exact) mass is 294 g/mol. The molecule has 1 aromatic rings. The smallest absolute Gasteiger partial charge is 0.266 e. The van der Waals surface area contributed by atoms with Gasteiger partial charge < -0.3 is 15.1 Å². The molecule has 0 atom stereocenters.